The van der Waals surface area contributed by atoms with Gasteiger partial charge in [-0.05, 0) is 16.7 Å². The molecular weight excluding hydrogens is 226 g/mol. The van der Waals surface area contributed by atoms with E-state index in [0.717, 1.165) is 16.7 Å². The predicted octanol–water partition coefficient (Wildman–Crippen LogP) is 2.33. The summed E-state index contributed by atoms with van der Waals surface area (Å²) < 4.78 is 5.80. The van der Waals surface area contributed by atoms with Crippen molar-refractivity contribution < 1.29 is 9.53 Å². The number of rotatable bonds is 2. The van der Waals surface area contributed by atoms with Crippen molar-refractivity contribution >= 4 is 5.91 Å². The fraction of sp³-hybridized carbons (Fsp3) is 0.133. The fourth-order valence-electron chi connectivity index (χ4n) is 2.38. The lowest BCUT2D eigenvalue weighted by Crippen LogP contribution is -2.21. The summed E-state index contributed by atoms with van der Waals surface area (Å²) in [6.45, 7) is 0. The topological polar surface area (TPSA) is 52.3 Å². The molecule has 1 amide bonds. The van der Waals surface area contributed by atoms with Crippen molar-refractivity contribution in [3.63, 3.8) is 0 Å². The van der Waals surface area contributed by atoms with Gasteiger partial charge in [0.2, 0.25) is 0 Å². The average molecular weight is 239 g/mol. The predicted molar refractivity (Wildman–Crippen MR) is 67.7 cm³/mol. The summed E-state index contributed by atoms with van der Waals surface area (Å²) in [6, 6.07) is 17.6. The molecule has 0 bridgehead atoms. The Morgan fingerprint density at radius 1 is 0.944 bits per heavy atom. The number of benzene rings is 2. The maximum Gasteiger partial charge on any atom is 0.251 e. The van der Waals surface area contributed by atoms with E-state index in [1.807, 2.05) is 54.6 Å². The zero-order valence-corrected chi connectivity index (χ0v) is 9.74. The van der Waals surface area contributed by atoms with Crippen LogP contribution in [0.25, 0.3) is 0 Å². The molecule has 2 N–H and O–H groups in total. The van der Waals surface area contributed by atoms with E-state index in [-0.39, 0.29) is 6.10 Å². The van der Waals surface area contributed by atoms with Crippen LogP contribution in [0.3, 0.4) is 0 Å². The van der Waals surface area contributed by atoms with Crippen LogP contribution in [0.15, 0.2) is 54.6 Å². The van der Waals surface area contributed by atoms with Crippen LogP contribution >= 0.6 is 0 Å². The summed E-state index contributed by atoms with van der Waals surface area (Å²) in [5.41, 5.74) is 8.32. The van der Waals surface area contributed by atoms with Crippen molar-refractivity contribution in [3.8, 4) is 0 Å². The van der Waals surface area contributed by atoms with Gasteiger partial charge in [0.15, 0.2) is 6.10 Å². The molecule has 2 aromatic rings. The van der Waals surface area contributed by atoms with Crippen molar-refractivity contribution in [2.45, 2.75) is 12.2 Å². The van der Waals surface area contributed by atoms with Gasteiger partial charge in [-0.15, -0.1) is 0 Å². The average Bonchev–Trinajstić information content (AvgIpc) is 2.79. The van der Waals surface area contributed by atoms with E-state index in [4.69, 9.17) is 10.5 Å². The molecule has 90 valence electrons. The molecule has 3 heteroatoms. The van der Waals surface area contributed by atoms with Gasteiger partial charge in [0.1, 0.15) is 6.10 Å². The number of primary amides is 1. The van der Waals surface area contributed by atoms with Crippen molar-refractivity contribution in [3.05, 3.63) is 71.3 Å². The number of fused-ring (bicyclic) bond motifs is 1. The SMILES string of the molecule is NC(=O)[C@H]1O[C@@H](c2ccccc2)c2ccccc21. The van der Waals surface area contributed by atoms with E-state index in [2.05, 4.69) is 0 Å². The van der Waals surface area contributed by atoms with Crippen LogP contribution in [0.5, 0.6) is 0 Å². The van der Waals surface area contributed by atoms with Crippen LogP contribution in [0.2, 0.25) is 0 Å². The van der Waals surface area contributed by atoms with E-state index in [1.165, 1.54) is 0 Å². The Morgan fingerprint density at radius 2 is 1.56 bits per heavy atom. The van der Waals surface area contributed by atoms with Gasteiger partial charge < -0.3 is 10.5 Å². The van der Waals surface area contributed by atoms with Gasteiger partial charge in [-0.1, -0.05) is 54.6 Å². The first-order valence-corrected chi connectivity index (χ1v) is 5.86. The molecule has 0 aliphatic carbocycles. The number of nitrogens with two attached hydrogens (primary N) is 1. The van der Waals surface area contributed by atoms with Gasteiger partial charge in [-0.2, -0.15) is 0 Å². The summed E-state index contributed by atoms with van der Waals surface area (Å²) in [4.78, 5) is 11.4. The van der Waals surface area contributed by atoms with Crippen LogP contribution in [0.1, 0.15) is 28.9 Å². The maximum atomic E-state index is 11.4. The van der Waals surface area contributed by atoms with Crippen molar-refractivity contribution in [2.75, 3.05) is 0 Å². The van der Waals surface area contributed by atoms with Crippen molar-refractivity contribution in [1.82, 2.24) is 0 Å². The first-order valence-electron chi connectivity index (χ1n) is 5.86. The Hall–Kier alpha value is -2.13. The van der Waals surface area contributed by atoms with Crippen molar-refractivity contribution in [1.29, 1.82) is 0 Å². The van der Waals surface area contributed by atoms with Crippen LogP contribution in [0.4, 0.5) is 0 Å². The third-order valence-electron chi connectivity index (χ3n) is 3.19. The van der Waals surface area contributed by atoms with Crippen LogP contribution in [-0.2, 0) is 9.53 Å². The first-order chi connectivity index (χ1) is 8.77. The quantitative estimate of drug-likeness (QED) is 0.874. The number of amides is 1. The highest BCUT2D eigenvalue weighted by molar-refractivity contribution is 5.81. The minimum absolute atomic E-state index is 0.208. The molecule has 0 saturated carbocycles. The largest absolute Gasteiger partial charge is 0.367 e. The Kier molecular flexibility index (Phi) is 2.61. The monoisotopic (exact) mass is 239 g/mol. The second kappa shape index (κ2) is 4.27. The zero-order chi connectivity index (χ0) is 12.5. The molecule has 2 atom stereocenters. The molecule has 1 aliphatic heterocycles. The molecule has 1 heterocycles. The smallest absolute Gasteiger partial charge is 0.251 e. The summed E-state index contributed by atoms with van der Waals surface area (Å²) in [5, 5.41) is 0. The third-order valence-corrected chi connectivity index (χ3v) is 3.19. The molecule has 0 unspecified atom stereocenters. The van der Waals surface area contributed by atoms with E-state index in [9.17, 15) is 4.79 Å². The maximum absolute atomic E-state index is 11.4. The highest BCUT2D eigenvalue weighted by Crippen LogP contribution is 2.42. The van der Waals surface area contributed by atoms with Crippen molar-refractivity contribution in [2.24, 2.45) is 5.73 Å². The van der Waals surface area contributed by atoms with Crippen LogP contribution in [-0.4, -0.2) is 5.91 Å². The highest BCUT2D eigenvalue weighted by atomic mass is 16.5. The highest BCUT2D eigenvalue weighted by Gasteiger charge is 2.35. The number of carbonyl (C=O) groups excluding carboxylic acids is 1. The summed E-state index contributed by atoms with van der Waals surface area (Å²) in [5.74, 6) is -0.444. The second-order valence-corrected chi connectivity index (χ2v) is 4.34. The Bertz CT molecular complexity index is 580. The number of hydrogen-bond acceptors (Lipinski definition) is 2. The fourth-order valence-corrected chi connectivity index (χ4v) is 2.38. The molecule has 18 heavy (non-hydrogen) atoms. The van der Waals surface area contributed by atoms with Crippen LogP contribution < -0.4 is 5.73 Å². The lowest BCUT2D eigenvalue weighted by Gasteiger charge is -2.12. The van der Waals surface area contributed by atoms with Gasteiger partial charge in [-0.3, -0.25) is 4.79 Å². The number of carbonyl (C=O) groups is 1. The lowest BCUT2D eigenvalue weighted by molar-refractivity contribution is -0.130. The Morgan fingerprint density at radius 3 is 2.22 bits per heavy atom. The molecular formula is C15H13NO2. The molecule has 0 aromatic heterocycles. The van der Waals surface area contributed by atoms with Gasteiger partial charge in [0, 0.05) is 0 Å². The molecule has 1 aliphatic rings. The lowest BCUT2D eigenvalue weighted by atomic mass is 9.97. The molecule has 0 spiro atoms. The second-order valence-electron chi connectivity index (χ2n) is 4.34. The van der Waals surface area contributed by atoms with Gasteiger partial charge in [0.05, 0.1) is 0 Å². The Labute approximate surface area is 105 Å². The molecule has 3 rings (SSSR count). The molecule has 0 fully saturated rings. The standard InChI is InChI=1S/C15H13NO2/c16-15(17)14-12-9-5-4-8-11(12)13(18-14)10-6-2-1-3-7-10/h1-9,13-14H,(H2,16,17)/t13-,14-/m0/s1. The van der Waals surface area contributed by atoms with E-state index >= 15 is 0 Å². The molecule has 2 aromatic carbocycles. The summed E-state index contributed by atoms with van der Waals surface area (Å²) in [6.07, 6.45) is -0.855. The summed E-state index contributed by atoms with van der Waals surface area (Å²) in [7, 11) is 0. The molecule has 0 radical (unpaired) electrons. The molecule has 0 saturated heterocycles. The first kappa shape index (κ1) is 11.0. The Balaban J connectivity index is 2.08. The van der Waals surface area contributed by atoms with E-state index in [1.54, 1.807) is 0 Å². The van der Waals surface area contributed by atoms with Gasteiger partial charge >= 0.3 is 0 Å². The minimum atomic E-state index is -0.647. The van der Waals surface area contributed by atoms with Gasteiger partial charge in [0.25, 0.3) is 5.91 Å². The normalized spacial score (nSPS) is 21.6. The zero-order valence-electron chi connectivity index (χ0n) is 9.74. The minimum Gasteiger partial charge on any atom is -0.367 e. The number of ether oxygens (including phenoxy) is 1. The third kappa shape index (κ3) is 1.69. The van der Waals surface area contributed by atoms with Gasteiger partial charge in [-0.25, -0.2) is 0 Å². The summed E-state index contributed by atoms with van der Waals surface area (Å²) >= 11 is 0. The van der Waals surface area contributed by atoms with Crippen LogP contribution in [0, 0.1) is 0 Å². The van der Waals surface area contributed by atoms with E-state index in [0.29, 0.717) is 0 Å². The number of hydrogen-bond donors (Lipinski definition) is 1. The van der Waals surface area contributed by atoms with E-state index < -0.39 is 12.0 Å². The molecule has 3 nitrogen and oxygen atoms in total.